The van der Waals surface area contributed by atoms with E-state index in [1.54, 1.807) is 0 Å². The van der Waals surface area contributed by atoms with E-state index in [-0.39, 0.29) is 47.2 Å². The van der Waals surface area contributed by atoms with E-state index in [9.17, 15) is 71.5 Å². The van der Waals surface area contributed by atoms with Crippen LogP contribution in [0.15, 0.2) is 12.2 Å². The lowest BCUT2D eigenvalue weighted by atomic mass is 9.31. The fourth-order valence-corrected chi connectivity index (χ4v) is 16.7. The fourth-order valence-electron chi connectivity index (χ4n) is 16.7. The number of fused-ring (bicyclic) bond motifs is 7. The standard InChI is InChI=1S/C54H90O22/c1-24-32(59)34(61)37(64)44(69-24)75-42-27(21-56)72-46(39(66)36(42)63)74-41-25(2)70-47(43(40(41)67)76-45-38(65)35(62)33(60)26(20-55)71-45)73-31-11-12-49(5)28(50(31,6)22-57)9-13-51(7)29(49)10-14-54(68)30-19-48(3,4)15-17-53(30,23-58)18-16-52(51,54)8/h10,14,24-47,55-68H,9,11-13,15-23H2,1-8H3/t24-,25+,26+,27+,28+,29+,30+,31-,32-,33+,34+,35-,36+,37+,38+,39+,40-,41-,42+,43+,44+,45-,46-,47-,49+,50-,51-,52-,53+,54+/m0/s1. The van der Waals surface area contributed by atoms with E-state index in [1.165, 1.54) is 13.8 Å². The van der Waals surface area contributed by atoms with Gasteiger partial charge in [-0.05, 0) is 105 Å². The maximum atomic E-state index is 13.3. The van der Waals surface area contributed by atoms with Gasteiger partial charge in [-0.15, -0.1) is 0 Å². The van der Waals surface area contributed by atoms with Crippen molar-refractivity contribution < 1.29 is 109 Å². The first-order chi connectivity index (χ1) is 35.6. The summed E-state index contributed by atoms with van der Waals surface area (Å²) in [4.78, 5) is 0. The van der Waals surface area contributed by atoms with Crippen molar-refractivity contribution in [3.63, 3.8) is 0 Å². The first-order valence-corrected chi connectivity index (χ1v) is 27.8. The number of aliphatic hydroxyl groups is 14. The fraction of sp³-hybridized carbons (Fsp3) is 0.963. The summed E-state index contributed by atoms with van der Waals surface area (Å²) in [6.45, 7) is 14.4. The van der Waals surface area contributed by atoms with Crippen molar-refractivity contribution in [1.29, 1.82) is 0 Å². The summed E-state index contributed by atoms with van der Waals surface area (Å²) in [6.07, 6.45) is -22.4. The van der Waals surface area contributed by atoms with Crippen LogP contribution in [-0.4, -0.2) is 232 Å². The van der Waals surface area contributed by atoms with E-state index in [0.717, 1.165) is 38.5 Å². The second-order valence-electron chi connectivity index (χ2n) is 26.4. The average Bonchev–Trinajstić information content (AvgIpc) is 3.42. The number of ether oxygens (including phenoxy) is 8. The van der Waals surface area contributed by atoms with Crippen LogP contribution in [0.3, 0.4) is 0 Å². The Morgan fingerprint density at radius 3 is 1.70 bits per heavy atom. The van der Waals surface area contributed by atoms with Gasteiger partial charge >= 0.3 is 0 Å². The summed E-state index contributed by atoms with van der Waals surface area (Å²) in [5.41, 5.74) is -3.75. The van der Waals surface area contributed by atoms with Crippen molar-refractivity contribution in [3.05, 3.63) is 12.2 Å². The highest BCUT2D eigenvalue weighted by Gasteiger charge is 2.74. The topological polar surface area (TPSA) is 357 Å². The third-order valence-corrected chi connectivity index (χ3v) is 21.8. The maximum Gasteiger partial charge on any atom is 0.187 e. The van der Waals surface area contributed by atoms with E-state index < -0.39 is 164 Å². The number of rotatable bonds is 12. The molecule has 8 fully saturated rings. The van der Waals surface area contributed by atoms with Crippen LogP contribution in [0.4, 0.5) is 0 Å². The van der Waals surface area contributed by atoms with Gasteiger partial charge in [-0.3, -0.25) is 0 Å². The molecule has 0 spiro atoms. The van der Waals surface area contributed by atoms with Crippen LogP contribution in [0, 0.1) is 50.2 Å². The summed E-state index contributed by atoms with van der Waals surface area (Å²) < 4.78 is 48.8. The van der Waals surface area contributed by atoms with Crippen LogP contribution >= 0.6 is 0 Å². The Bertz CT molecular complexity index is 2050. The van der Waals surface area contributed by atoms with Crippen molar-refractivity contribution in [2.24, 2.45) is 50.2 Å². The third-order valence-electron chi connectivity index (χ3n) is 21.8. The summed E-state index contributed by atoms with van der Waals surface area (Å²) >= 11 is 0. The molecule has 14 N–H and O–H groups in total. The molecule has 438 valence electrons. The lowest BCUT2D eigenvalue weighted by Crippen LogP contribution is -2.73. The highest BCUT2D eigenvalue weighted by atomic mass is 16.8. The molecular weight excluding hydrogens is 1000 g/mol. The molecule has 5 aliphatic carbocycles. The van der Waals surface area contributed by atoms with Gasteiger partial charge in [0.1, 0.15) is 85.5 Å². The molecule has 30 atom stereocenters. The Morgan fingerprint density at radius 1 is 0.500 bits per heavy atom. The summed E-state index contributed by atoms with van der Waals surface area (Å²) in [6, 6.07) is 0. The molecule has 0 amide bonds. The van der Waals surface area contributed by atoms with Gasteiger partial charge in [0.15, 0.2) is 25.2 Å². The van der Waals surface area contributed by atoms with E-state index in [0.29, 0.717) is 19.3 Å². The predicted molar refractivity (Wildman–Crippen MR) is 263 cm³/mol. The Morgan fingerprint density at radius 2 is 1.07 bits per heavy atom. The van der Waals surface area contributed by atoms with Gasteiger partial charge in [-0.1, -0.05) is 53.7 Å². The Labute approximate surface area is 444 Å². The van der Waals surface area contributed by atoms with Gasteiger partial charge in [0.05, 0.1) is 43.7 Å². The van der Waals surface area contributed by atoms with Crippen molar-refractivity contribution in [2.75, 3.05) is 26.4 Å². The zero-order chi connectivity index (χ0) is 55.6. The summed E-state index contributed by atoms with van der Waals surface area (Å²) in [5, 5.41) is 155. The number of aliphatic hydroxyl groups excluding tert-OH is 13. The van der Waals surface area contributed by atoms with Crippen LogP contribution < -0.4 is 0 Å². The predicted octanol–water partition coefficient (Wildman–Crippen LogP) is -1.56. The first-order valence-electron chi connectivity index (χ1n) is 27.8. The van der Waals surface area contributed by atoms with E-state index >= 15 is 0 Å². The van der Waals surface area contributed by atoms with Crippen LogP contribution in [0.2, 0.25) is 0 Å². The van der Waals surface area contributed by atoms with Crippen LogP contribution in [-0.2, 0) is 37.9 Å². The highest BCUT2D eigenvalue weighted by Crippen LogP contribution is 2.76. The quantitative estimate of drug-likeness (QED) is 0.0776. The molecule has 22 heteroatoms. The van der Waals surface area contributed by atoms with Crippen molar-refractivity contribution in [2.45, 2.75) is 248 Å². The number of hydrogen-bond acceptors (Lipinski definition) is 22. The molecule has 0 aromatic carbocycles. The first kappa shape index (κ1) is 59.5. The van der Waals surface area contributed by atoms with Gasteiger partial charge in [0.2, 0.25) is 0 Å². The van der Waals surface area contributed by atoms with Crippen LogP contribution in [0.5, 0.6) is 0 Å². The second kappa shape index (κ2) is 21.2. The molecule has 4 aliphatic heterocycles. The van der Waals surface area contributed by atoms with Gasteiger partial charge in [0, 0.05) is 23.4 Å². The minimum atomic E-state index is -1.96. The van der Waals surface area contributed by atoms with E-state index in [1.807, 2.05) is 6.92 Å². The van der Waals surface area contributed by atoms with E-state index in [4.69, 9.17) is 37.9 Å². The molecule has 9 rings (SSSR count). The lowest BCUT2D eigenvalue weighted by Gasteiger charge is -2.74. The summed E-state index contributed by atoms with van der Waals surface area (Å²) in [5.74, 6) is -0.275. The Balaban J connectivity index is 0.971. The molecule has 0 unspecified atom stereocenters. The van der Waals surface area contributed by atoms with Gasteiger partial charge in [-0.25, -0.2) is 0 Å². The average molecular weight is 1090 g/mol. The molecule has 0 radical (unpaired) electrons. The maximum absolute atomic E-state index is 13.3. The third kappa shape index (κ3) is 9.23. The van der Waals surface area contributed by atoms with Crippen LogP contribution in [0.25, 0.3) is 0 Å². The number of hydrogen-bond donors (Lipinski definition) is 14. The lowest BCUT2D eigenvalue weighted by molar-refractivity contribution is -0.398. The molecule has 22 nitrogen and oxygen atoms in total. The largest absolute Gasteiger partial charge is 0.396 e. The molecule has 4 saturated heterocycles. The minimum absolute atomic E-state index is 0.00696. The minimum Gasteiger partial charge on any atom is -0.396 e. The molecule has 0 bridgehead atoms. The molecule has 9 aliphatic rings. The van der Waals surface area contributed by atoms with Crippen LogP contribution in [0.1, 0.15) is 113 Å². The molecule has 0 aromatic rings. The van der Waals surface area contributed by atoms with E-state index in [2.05, 4.69) is 46.8 Å². The number of allylic oxidation sites excluding steroid dienone is 1. The summed E-state index contributed by atoms with van der Waals surface area (Å²) in [7, 11) is 0. The molecule has 76 heavy (non-hydrogen) atoms. The second-order valence-corrected chi connectivity index (χ2v) is 26.4. The van der Waals surface area contributed by atoms with Gasteiger partial charge in [-0.2, -0.15) is 0 Å². The monoisotopic (exact) mass is 1090 g/mol. The molecule has 4 saturated carbocycles. The highest BCUT2D eigenvalue weighted by molar-refractivity contribution is 5.32. The van der Waals surface area contributed by atoms with Gasteiger partial charge in [0.25, 0.3) is 0 Å². The SMILES string of the molecule is C[C@@H]1O[C@H](O[C@H]2[C@H](O)[C@@H](O)[C@H](O[C@@H]3[C@H](O)[C@@H](O[C@@H]4O[C@H](CO)[C@@H](O)[C@H](O)[C@H]4O)[C@H](O[C@H]4CC[C@]5(C)[C@@H](CC[C@@]6(C)[C@@H]5C=C[C@@]5(O)[C@@H]7CC(C)(C)CC[C@]7(CO)CC[C@]56C)[C@]4(C)CO)O[C@@H]3C)O[C@@H]2CO)[C@H](O)[C@H](O)[C@H]1O. The Hall–Kier alpha value is -1.14. The zero-order valence-electron chi connectivity index (χ0n) is 45.2. The van der Waals surface area contributed by atoms with Crippen molar-refractivity contribution >= 4 is 0 Å². The molecule has 4 heterocycles. The normalized spacial score (nSPS) is 57.2. The van der Waals surface area contributed by atoms with Crippen molar-refractivity contribution in [1.82, 2.24) is 0 Å². The Kier molecular flexibility index (Phi) is 16.6. The zero-order valence-corrected chi connectivity index (χ0v) is 45.2. The molecular formula is C54H90O22. The van der Waals surface area contributed by atoms with Gasteiger partial charge < -0.3 is 109 Å². The molecule has 0 aromatic heterocycles. The van der Waals surface area contributed by atoms with Crippen molar-refractivity contribution in [3.8, 4) is 0 Å². The smallest absolute Gasteiger partial charge is 0.187 e.